The number of nitro benzene ring substituents is 1. The van der Waals surface area contributed by atoms with Gasteiger partial charge in [0.1, 0.15) is 0 Å². The third-order valence-corrected chi connectivity index (χ3v) is 5.09. The van der Waals surface area contributed by atoms with Gasteiger partial charge in [0, 0.05) is 23.4 Å². The summed E-state index contributed by atoms with van der Waals surface area (Å²) in [6.45, 7) is 1.51. The fourth-order valence-electron chi connectivity index (χ4n) is 3.42. The third kappa shape index (κ3) is 5.56. The van der Waals surface area contributed by atoms with Gasteiger partial charge in [-0.05, 0) is 50.1 Å². The zero-order valence-corrected chi connectivity index (χ0v) is 16.8. The van der Waals surface area contributed by atoms with E-state index in [2.05, 4.69) is 10.6 Å². The minimum absolute atomic E-state index is 0.0277. The number of anilines is 1. The minimum Gasteiger partial charge on any atom is -0.474 e. The van der Waals surface area contributed by atoms with Gasteiger partial charge in [0.15, 0.2) is 11.9 Å². The Morgan fingerprint density at radius 3 is 2.40 bits per heavy atom. The summed E-state index contributed by atoms with van der Waals surface area (Å²) in [6, 6.07) is 12.7. The molecule has 1 fully saturated rings. The smallest absolute Gasteiger partial charge is 0.310 e. The molecule has 0 spiro atoms. The molecular weight excluding hydrogens is 386 g/mol. The second-order valence-corrected chi connectivity index (χ2v) is 7.36. The number of hydrogen-bond donors (Lipinski definition) is 2. The van der Waals surface area contributed by atoms with Crippen LogP contribution >= 0.6 is 0 Å². The van der Waals surface area contributed by atoms with Crippen LogP contribution in [0.3, 0.4) is 0 Å². The Morgan fingerprint density at radius 1 is 1.07 bits per heavy atom. The quantitative estimate of drug-likeness (QED) is 0.527. The Hall–Kier alpha value is -3.42. The van der Waals surface area contributed by atoms with Gasteiger partial charge < -0.3 is 15.4 Å². The first-order valence-corrected chi connectivity index (χ1v) is 10.1. The van der Waals surface area contributed by atoms with Crippen molar-refractivity contribution in [2.75, 3.05) is 5.32 Å². The highest BCUT2D eigenvalue weighted by Crippen LogP contribution is 2.27. The van der Waals surface area contributed by atoms with Crippen LogP contribution in [-0.2, 0) is 4.79 Å². The van der Waals surface area contributed by atoms with Crippen molar-refractivity contribution in [3.05, 3.63) is 64.2 Å². The normalized spacial score (nSPS) is 15.1. The van der Waals surface area contributed by atoms with E-state index in [-0.39, 0.29) is 23.4 Å². The van der Waals surface area contributed by atoms with Crippen molar-refractivity contribution in [1.29, 1.82) is 0 Å². The number of benzene rings is 2. The molecular formula is C22H25N3O5. The molecule has 2 N–H and O–H groups in total. The van der Waals surface area contributed by atoms with Crippen LogP contribution in [0.4, 0.5) is 11.4 Å². The zero-order valence-electron chi connectivity index (χ0n) is 16.8. The maximum absolute atomic E-state index is 12.4. The summed E-state index contributed by atoms with van der Waals surface area (Å²) in [5, 5.41) is 16.8. The number of ether oxygens (including phenoxy) is 1. The van der Waals surface area contributed by atoms with Gasteiger partial charge in [0.25, 0.3) is 11.8 Å². The molecule has 1 aliphatic rings. The lowest BCUT2D eigenvalue weighted by molar-refractivity contribution is -0.386. The van der Waals surface area contributed by atoms with Crippen molar-refractivity contribution >= 4 is 23.2 Å². The van der Waals surface area contributed by atoms with Gasteiger partial charge in [-0.3, -0.25) is 19.7 Å². The molecule has 2 amide bonds. The maximum atomic E-state index is 12.4. The Bertz CT molecular complexity index is 907. The molecule has 0 heterocycles. The van der Waals surface area contributed by atoms with E-state index in [1.54, 1.807) is 30.3 Å². The molecule has 1 saturated carbocycles. The fraction of sp³-hybridized carbons (Fsp3) is 0.364. The number of rotatable bonds is 7. The predicted octanol–water partition coefficient (Wildman–Crippen LogP) is 4.06. The van der Waals surface area contributed by atoms with Crippen LogP contribution in [-0.4, -0.2) is 28.9 Å². The first-order valence-electron chi connectivity index (χ1n) is 10.1. The molecule has 0 aliphatic heterocycles. The molecule has 8 heteroatoms. The summed E-state index contributed by atoms with van der Waals surface area (Å²) >= 11 is 0. The van der Waals surface area contributed by atoms with Gasteiger partial charge >= 0.3 is 5.69 Å². The predicted molar refractivity (Wildman–Crippen MR) is 113 cm³/mol. The molecule has 2 aromatic rings. The van der Waals surface area contributed by atoms with Crippen molar-refractivity contribution < 1.29 is 19.2 Å². The van der Waals surface area contributed by atoms with Crippen LogP contribution in [0.25, 0.3) is 0 Å². The largest absolute Gasteiger partial charge is 0.474 e. The van der Waals surface area contributed by atoms with Crippen LogP contribution in [0.5, 0.6) is 5.75 Å². The van der Waals surface area contributed by atoms with Crippen LogP contribution in [0.15, 0.2) is 48.5 Å². The summed E-state index contributed by atoms with van der Waals surface area (Å²) in [5.74, 6) is -0.541. The molecule has 8 nitrogen and oxygen atoms in total. The molecule has 0 radical (unpaired) electrons. The van der Waals surface area contributed by atoms with Crippen molar-refractivity contribution in [2.45, 2.75) is 51.2 Å². The molecule has 1 atom stereocenters. The lowest BCUT2D eigenvalue weighted by Gasteiger charge is -2.22. The van der Waals surface area contributed by atoms with Gasteiger partial charge in [-0.15, -0.1) is 0 Å². The lowest BCUT2D eigenvalue weighted by Crippen LogP contribution is -2.36. The number of hydrogen-bond acceptors (Lipinski definition) is 5. The van der Waals surface area contributed by atoms with Crippen LogP contribution < -0.4 is 15.4 Å². The average molecular weight is 411 g/mol. The summed E-state index contributed by atoms with van der Waals surface area (Å²) in [5.41, 5.74) is 0.834. The first-order chi connectivity index (χ1) is 14.4. The molecule has 158 valence electrons. The van der Waals surface area contributed by atoms with E-state index in [0.717, 1.165) is 25.7 Å². The third-order valence-electron chi connectivity index (χ3n) is 5.09. The van der Waals surface area contributed by atoms with Crippen molar-refractivity contribution in [3.8, 4) is 5.75 Å². The van der Waals surface area contributed by atoms with Crippen LogP contribution in [0.1, 0.15) is 49.4 Å². The number of para-hydroxylation sites is 2. The first kappa shape index (κ1) is 21.3. The van der Waals surface area contributed by atoms with Crippen LogP contribution in [0.2, 0.25) is 0 Å². The topological polar surface area (TPSA) is 111 Å². The van der Waals surface area contributed by atoms with E-state index >= 15 is 0 Å². The monoisotopic (exact) mass is 411 g/mol. The standard InChI is InChI=1S/C22H25N3O5/c1-15(30-20-10-6-5-9-19(20)25(28)29)21(26)23-18-13-11-16(12-14-18)22(27)24-17-7-3-2-4-8-17/h5-6,9-15,17H,2-4,7-8H2,1H3,(H,23,26)(H,24,27). The molecule has 0 saturated heterocycles. The summed E-state index contributed by atoms with van der Waals surface area (Å²) in [4.78, 5) is 35.3. The number of nitrogens with one attached hydrogen (secondary N) is 2. The van der Waals surface area contributed by atoms with E-state index in [1.807, 2.05) is 0 Å². The fourth-order valence-corrected chi connectivity index (χ4v) is 3.42. The average Bonchev–Trinajstić information content (AvgIpc) is 2.75. The Labute approximate surface area is 174 Å². The number of nitro groups is 1. The highest BCUT2D eigenvalue weighted by Gasteiger charge is 2.21. The molecule has 3 rings (SSSR count). The van der Waals surface area contributed by atoms with Gasteiger partial charge in [-0.1, -0.05) is 31.4 Å². The van der Waals surface area contributed by atoms with Crippen molar-refractivity contribution in [3.63, 3.8) is 0 Å². The summed E-state index contributed by atoms with van der Waals surface area (Å²) in [7, 11) is 0. The number of carbonyl (C=O) groups is 2. The highest BCUT2D eigenvalue weighted by molar-refractivity contribution is 5.97. The SMILES string of the molecule is CC(Oc1ccccc1[N+](=O)[O-])C(=O)Nc1ccc(C(=O)NC2CCCCC2)cc1. The second-order valence-electron chi connectivity index (χ2n) is 7.36. The van der Waals surface area contributed by atoms with Crippen molar-refractivity contribution in [2.24, 2.45) is 0 Å². The van der Waals surface area contributed by atoms with Gasteiger partial charge in [0.05, 0.1) is 4.92 Å². The van der Waals surface area contributed by atoms with E-state index in [0.29, 0.717) is 11.3 Å². The second kappa shape index (κ2) is 9.87. The van der Waals surface area contributed by atoms with Gasteiger partial charge in [-0.25, -0.2) is 0 Å². The summed E-state index contributed by atoms with van der Waals surface area (Å²) in [6.07, 6.45) is 4.58. The molecule has 0 aromatic heterocycles. The van der Waals surface area contributed by atoms with E-state index in [9.17, 15) is 19.7 Å². The maximum Gasteiger partial charge on any atom is 0.310 e. The minimum atomic E-state index is -0.944. The molecule has 1 unspecified atom stereocenters. The molecule has 30 heavy (non-hydrogen) atoms. The van der Waals surface area contributed by atoms with Gasteiger partial charge in [0.2, 0.25) is 0 Å². The molecule has 2 aromatic carbocycles. The van der Waals surface area contributed by atoms with Gasteiger partial charge in [-0.2, -0.15) is 0 Å². The van der Waals surface area contributed by atoms with E-state index < -0.39 is 16.9 Å². The molecule has 1 aliphatic carbocycles. The summed E-state index contributed by atoms with van der Waals surface area (Å²) < 4.78 is 5.47. The van der Waals surface area contributed by atoms with Crippen molar-refractivity contribution in [1.82, 2.24) is 5.32 Å². The Balaban J connectivity index is 1.56. The van der Waals surface area contributed by atoms with E-state index in [1.165, 1.54) is 31.5 Å². The molecule has 0 bridgehead atoms. The zero-order chi connectivity index (χ0) is 21.5. The van der Waals surface area contributed by atoms with Crippen LogP contribution in [0, 0.1) is 10.1 Å². The highest BCUT2D eigenvalue weighted by atomic mass is 16.6. The Morgan fingerprint density at radius 2 is 1.73 bits per heavy atom. The lowest BCUT2D eigenvalue weighted by atomic mass is 9.95. The number of amides is 2. The Kier molecular flexibility index (Phi) is 7.00. The number of carbonyl (C=O) groups excluding carboxylic acids is 2. The van der Waals surface area contributed by atoms with E-state index in [4.69, 9.17) is 4.74 Å². The number of nitrogens with zero attached hydrogens (tertiary/aromatic N) is 1.